The summed E-state index contributed by atoms with van der Waals surface area (Å²) in [6, 6.07) is 13.9. The maximum absolute atomic E-state index is 11.6. The number of hydrogen-bond acceptors (Lipinski definition) is 5. The maximum Gasteiger partial charge on any atom is 0.338 e. The van der Waals surface area contributed by atoms with Crippen molar-refractivity contribution in [3.05, 3.63) is 75.6 Å². The van der Waals surface area contributed by atoms with Crippen molar-refractivity contribution < 1.29 is 18.7 Å². The minimum absolute atomic E-state index is 0.338. The highest BCUT2D eigenvalue weighted by Gasteiger charge is 2.07. The molecule has 0 saturated carbocycles. The Kier molecular flexibility index (Phi) is 4.84. The minimum atomic E-state index is -0.378. The number of hydrogen-bond donors (Lipinski definition) is 0. The average Bonchev–Trinajstić information content (AvgIpc) is 2.60. The van der Waals surface area contributed by atoms with Gasteiger partial charge in [-0.2, -0.15) is 0 Å². The lowest BCUT2D eigenvalue weighted by molar-refractivity contribution is 0.0526. The number of rotatable bonds is 5. The minimum Gasteiger partial charge on any atom is -0.489 e. The van der Waals surface area contributed by atoms with Gasteiger partial charge in [-0.05, 0) is 49.2 Å². The van der Waals surface area contributed by atoms with Gasteiger partial charge < -0.3 is 13.9 Å². The topological polar surface area (TPSA) is 65.7 Å². The number of carbonyl (C=O) groups is 1. The molecule has 3 aromatic rings. The predicted molar refractivity (Wildman–Crippen MR) is 94.0 cm³/mol. The van der Waals surface area contributed by atoms with E-state index in [-0.39, 0.29) is 11.6 Å². The Morgan fingerprint density at radius 2 is 1.84 bits per heavy atom. The molecule has 1 heterocycles. The Balaban J connectivity index is 1.72. The summed E-state index contributed by atoms with van der Waals surface area (Å²) in [6.45, 7) is 4.32. The largest absolute Gasteiger partial charge is 0.489 e. The molecule has 0 radical (unpaired) electrons. The van der Waals surface area contributed by atoms with Gasteiger partial charge in [-0.15, -0.1) is 0 Å². The lowest BCUT2D eigenvalue weighted by atomic mass is 10.1. The van der Waals surface area contributed by atoms with Gasteiger partial charge >= 0.3 is 11.6 Å². The van der Waals surface area contributed by atoms with E-state index in [0.717, 1.165) is 16.5 Å². The maximum atomic E-state index is 11.6. The van der Waals surface area contributed by atoms with E-state index in [4.69, 9.17) is 13.9 Å². The first kappa shape index (κ1) is 16.8. The van der Waals surface area contributed by atoms with Crippen LogP contribution in [-0.2, 0) is 11.3 Å². The van der Waals surface area contributed by atoms with Crippen LogP contribution in [-0.4, -0.2) is 12.6 Å². The van der Waals surface area contributed by atoms with E-state index < -0.39 is 0 Å². The van der Waals surface area contributed by atoms with Gasteiger partial charge in [-0.1, -0.05) is 12.1 Å². The van der Waals surface area contributed by atoms with Gasteiger partial charge in [-0.3, -0.25) is 0 Å². The lowest BCUT2D eigenvalue weighted by Crippen LogP contribution is -2.04. The highest BCUT2D eigenvalue weighted by molar-refractivity contribution is 5.89. The van der Waals surface area contributed by atoms with Crippen LogP contribution >= 0.6 is 0 Å². The zero-order chi connectivity index (χ0) is 17.8. The molecule has 0 unspecified atom stereocenters. The van der Waals surface area contributed by atoms with E-state index >= 15 is 0 Å². The van der Waals surface area contributed by atoms with Gasteiger partial charge in [-0.25, -0.2) is 9.59 Å². The molecule has 0 fully saturated rings. The smallest absolute Gasteiger partial charge is 0.338 e. The van der Waals surface area contributed by atoms with E-state index in [9.17, 15) is 9.59 Å². The van der Waals surface area contributed by atoms with Crippen LogP contribution in [0.25, 0.3) is 11.0 Å². The zero-order valence-corrected chi connectivity index (χ0v) is 14.1. The quantitative estimate of drug-likeness (QED) is 0.522. The molecule has 0 N–H and O–H groups in total. The Morgan fingerprint density at radius 1 is 1.08 bits per heavy atom. The first-order chi connectivity index (χ1) is 12.1. The van der Waals surface area contributed by atoms with E-state index in [1.54, 1.807) is 25.1 Å². The monoisotopic (exact) mass is 338 g/mol. The normalized spacial score (nSPS) is 10.6. The number of aryl methyl sites for hydroxylation is 1. The summed E-state index contributed by atoms with van der Waals surface area (Å²) in [6.07, 6.45) is 0. The van der Waals surface area contributed by atoms with Crippen LogP contribution in [0, 0.1) is 6.92 Å². The van der Waals surface area contributed by atoms with E-state index in [1.807, 2.05) is 31.2 Å². The second-order valence-corrected chi connectivity index (χ2v) is 5.61. The molecule has 0 aliphatic heterocycles. The standard InChI is InChI=1S/C20H18O5/c1-3-23-20(22)15-6-4-14(5-7-15)12-24-16-8-9-17-13(2)10-19(21)25-18(17)11-16/h4-11H,3,12H2,1-2H3. The van der Waals surface area contributed by atoms with E-state index in [2.05, 4.69) is 0 Å². The molecule has 0 atom stereocenters. The van der Waals surface area contributed by atoms with Crippen LogP contribution in [0.1, 0.15) is 28.4 Å². The third kappa shape index (κ3) is 3.88. The lowest BCUT2D eigenvalue weighted by Gasteiger charge is -2.08. The number of carbonyl (C=O) groups excluding carboxylic acids is 1. The van der Waals surface area contributed by atoms with Crippen molar-refractivity contribution in [1.29, 1.82) is 0 Å². The summed E-state index contributed by atoms with van der Waals surface area (Å²) in [5, 5.41) is 0.880. The Labute approximate surface area is 144 Å². The van der Waals surface area contributed by atoms with Crippen molar-refractivity contribution in [2.24, 2.45) is 0 Å². The molecular formula is C20H18O5. The molecule has 128 valence electrons. The molecule has 0 amide bonds. The molecule has 0 saturated heterocycles. The fourth-order valence-corrected chi connectivity index (χ4v) is 2.51. The molecule has 0 aliphatic rings. The first-order valence-corrected chi connectivity index (χ1v) is 8.00. The van der Waals surface area contributed by atoms with Crippen LogP contribution in [0.2, 0.25) is 0 Å². The number of esters is 1. The Bertz CT molecular complexity index is 954. The molecule has 5 nitrogen and oxygen atoms in total. The fraction of sp³-hybridized carbons (Fsp3) is 0.200. The summed E-state index contributed by atoms with van der Waals surface area (Å²) >= 11 is 0. The second-order valence-electron chi connectivity index (χ2n) is 5.61. The van der Waals surface area contributed by atoms with Crippen molar-refractivity contribution >= 4 is 16.9 Å². The van der Waals surface area contributed by atoms with Crippen molar-refractivity contribution in [2.45, 2.75) is 20.5 Å². The number of fused-ring (bicyclic) bond motifs is 1. The SMILES string of the molecule is CCOC(=O)c1ccc(COc2ccc3c(C)cc(=O)oc3c2)cc1. The van der Waals surface area contributed by atoms with Gasteiger partial charge in [0.25, 0.3) is 0 Å². The van der Waals surface area contributed by atoms with Crippen molar-refractivity contribution in [3.8, 4) is 5.75 Å². The number of benzene rings is 2. The third-order valence-corrected chi connectivity index (χ3v) is 3.79. The average molecular weight is 338 g/mol. The van der Waals surface area contributed by atoms with Crippen LogP contribution in [0.4, 0.5) is 0 Å². The van der Waals surface area contributed by atoms with Crippen molar-refractivity contribution in [3.63, 3.8) is 0 Å². The summed E-state index contributed by atoms with van der Waals surface area (Å²) in [7, 11) is 0. The third-order valence-electron chi connectivity index (χ3n) is 3.79. The summed E-state index contributed by atoms with van der Waals surface area (Å²) in [5.74, 6) is 0.269. The first-order valence-electron chi connectivity index (χ1n) is 8.00. The molecule has 0 bridgehead atoms. The van der Waals surface area contributed by atoms with Crippen molar-refractivity contribution in [2.75, 3.05) is 6.61 Å². The van der Waals surface area contributed by atoms with Gasteiger partial charge in [0, 0.05) is 17.5 Å². The molecule has 0 aliphatic carbocycles. The summed E-state index contributed by atoms with van der Waals surface area (Å²) in [4.78, 5) is 23.1. The van der Waals surface area contributed by atoms with Crippen LogP contribution in [0.15, 0.2) is 57.7 Å². The Hall–Kier alpha value is -3.08. The molecule has 3 rings (SSSR count). The zero-order valence-electron chi connectivity index (χ0n) is 14.1. The van der Waals surface area contributed by atoms with Gasteiger partial charge in [0.1, 0.15) is 17.9 Å². The van der Waals surface area contributed by atoms with Gasteiger partial charge in [0.2, 0.25) is 0 Å². The van der Waals surface area contributed by atoms with Crippen molar-refractivity contribution in [1.82, 2.24) is 0 Å². The second kappa shape index (κ2) is 7.21. The van der Waals surface area contributed by atoms with Gasteiger partial charge in [0.05, 0.1) is 12.2 Å². The molecule has 25 heavy (non-hydrogen) atoms. The van der Waals surface area contributed by atoms with E-state index in [0.29, 0.717) is 30.1 Å². The summed E-state index contributed by atoms with van der Waals surface area (Å²) in [5.41, 5.74) is 2.41. The molecular weight excluding hydrogens is 320 g/mol. The summed E-state index contributed by atoms with van der Waals surface area (Å²) < 4.78 is 15.9. The molecule has 1 aromatic heterocycles. The Morgan fingerprint density at radius 3 is 2.56 bits per heavy atom. The van der Waals surface area contributed by atoms with Crippen LogP contribution in [0.3, 0.4) is 0 Å². The predicted octanol–water partition coefficient (Wildman–Crippen LogP) is 3.86. The number of ether oxygens (including phenoxy) is 2. The van der Waals surface area contributed by atoms with Crippen LogP contribution in [0.5, 0.6) is 5.75 Å². The fourth-order valence-electron chi connectivity index (χ4n) is 2.51. The van der Waals surface area contributed by atoms with E-state index in [1.165, 1.54) is 6.07 Å². The van der Waals surface area contributed by atoms with Gasteiger partial charge in [0.15, 0.2) is 0 Å². The molecule has 5 heteroatoms. The van der Waals surface area contributed by atoms with Crippen LogP contribution < -0.4 is 10.4 Å². The molecule has 0 spiro atoms. The highest BCUT2D eigenvalue weighted by Crippen LogP contribution is 2.23. The molecule has 2 aromatic carbocycles. The highest BCUT2D eigenvalue weighted by atomic mass is 16.5.